The molecule has 2 aromatic rings. The number of aliphatic hydroxyl groups is 1. The Labute approximate surface area is 217 Å². The number of hydroxylamine groups is 2. The lowest BCUT2D eigenvalue weighted by atomic mass is 9.76. The summed E-state index contributed by atoms with van der Waals surface area (Å²) < 4.78 is 5.28. The number of aliphatic carboxylic acids is 1. The molecule has 1 aliphatic carbocycles. The number of aromatic nitrogens is 1. The van der Waals surface area contributed by atoms with E-state index in [1.807, 2.05) is 0 Å². The van der Waals surface area contributed by atoms with Gasteiger partial charge in [-0.1, -0.05) is 6.07 Å². The van der Waals surface area contributed by atoms with Gasteiger partial charge in [-0.15, -0.1) is 5.06 Å². The minimum absolute atomic E-state index is 0.0313. The van der Waals surface area contributed by atoms with Gasteiger partial charge in [0.25, 0.3) is 0 Å². The number of nitrogens with zero attached hydrogens (tertiary/aromatic N) is 2. The van der Waals surface area contributed by atoms with Crippen molar-refractivity contribution in [1.29, 1.82) is 0 Å². The van der Waals surface area contributed by atoms with E-state index in [-0.39, 0.29) is 19.1 Å². The molecule has 9 nitrogen and oxygen atoms in total. The van der Waals surface area contributed by atoms with E-state index >= 15 is 0 Å². The first kappa shape index (κ1) is 26.9. The van der Waals surface area contributed by atoms with Crippen LogP contribution < -0.4 is 10.1 Å². The summed E-state index contributed by atoms with van der Waals surface area (Å²) in [4.78, 5) is 35.8. The second-order valence-electron chi connectivity index (χ2n) is 10.1. The Kier molecular flexibility index (Phi) is 8.66. The van der Waals surface area contributed by atoms with Gasteiger partial charge in [0.05, 0.1) is 12.7 Å². The maximum Gasteiger partial charge on any atom is 0.357 e. The summed E-state index contributed by atoms with van der Waals surface area (Å²) in [6.45, 7) is 4.22. The van der Waals surface area contributed by atoms with Gasteiger partial charge in [0, 0.05) is 24.9 Å². The molecule has 9 heteroatoms. The number of carbonyl (C=O) groups is 2. The first-order chi connectivity index (χ1) is 17.8. The van der Waals surface area contributed by atoms with Crippen LogP contribution in [0.15, 0.2) is 24.3 Å². The van der Waals surface area contributed by atoms with E-state index in [0.717, 1.165) is 43.7 Å². The average Bonchev–Trinajstić information content (AvgIpc) is 2.84. The molecule has 200 valence electrons. The lowest BCUT2D eigenvalue weighted by Gasteiger charge is -2.43. The number of anilines is 1. The maximum atomic E-state index is 13.2. The fraction of sp³-hybridized carbons (Fsp3) is 0.536. The Morgan fingerprint density at radius 1 is 1.22 bits per heavy atom. The van der Waals surface area contributed by atoms with Gasteiger partial charge in [0.2, 0.25) is 0 Å². The van der Waals surface area contributed by atoms with Crippen molar-refractivity contribution in [3.63, 3.8) is 0 Å². The fourth-order valence-corrected chi connectivity index (χ4v) is 5.38. The molecule has 1 aromatic heterocycles. The van der Waals surface area contributed by atoms with Crippen LogP contribution in [0.3, 0.4) is 0 Å². The normalized spacial score (nSPS) is 19.4. The first-order valence-corrected chi connectivity index (χ1v) is 13.0. The molecule has 0 unspecified atom stereocenters. The van der Waals surface area contributed by atoms with Crippen LogP contribution in [0.5, 0.6) is 5.75 Å². The largest absolute Gasteiger partial charge is 0.497 e. The SMILES string of the molecule is COc1cc(C)c(C(=O)ON(C2CC(CCc3ccc4c(n3)NCCC4)C2)[C@@H](CCO)C(=O)O)c(C)c1. The number of benzene rings is 1. The molecule has 0 saturated heterocycles. The molecule has 0 spiro atoms. The van der Waals surface area contributed by atoms with Crippen molar-refractivity contribution in [1.82, 2.24) is 10.0 Å². The number of hydrogen-bond acceptors (Lipinski definition) is 8. The van der Waals surface area contributed by atoms with Gasteiger partial charge in [-0.2, -0.15) is 0 Å². The van der Waals surface area contributed by atoms with E-state index in [1.54, 1.807) is 33.1 Å². The molecule has 0 amide bonds. The molecule has 3 N–H and O–H groups in total. The number of carboxylic acids is 1. The van der Waals surface area contributed by atoms with Crippen molar-refractivity contribution >= 4 is 17.8 Å². The first-order valence-electron chi connectivity index (χ1n) is 13.0. The Hall–Kier alpha value is -3.17. The van der Waals surface area contributed by atoms with Crippen LogP contribution in [0.2, 0.25) is 0 Å². The van der Waals surface area contributed by atoms with Crippen LogP contribution in [0.4, 0.5) is 5.82 Å². The van der Waals surface area contributed by atoms with Crippen molar-refractivity contribution in [2.75, 3.05) is 25.6 Å². The van der Waals surface area contributed by atoms with Crippen molar-refractivity contribution in [2.24, 2.45) is 5.92 Å². The summed E-state index contributed by atoms with van der Waals surface area (Å²) in [6, 6.07) is 6.41. The van der Waals surface area contributed by atoms with E-state index in [1.165, 1.54) is 10.6 Å². The van der Waals surface area contributed by atoms with Crippen LogP contribution in [0.25, 0.3) is 0 Å². The third-order valence-electron chi connectivity index (χ3n) is 7.46. The third-order valence-corrected chi connectivity index (χ3v) is 7.46. The van der Waals surface area contributed by atoms with E-state index in [9.17, 15) is 19.8 Å². The van der Waals surface area contributed by atoms with Gasteiger partial charge in [-0.05, 0) is 99.6 Å². The molecule has 1 atom stereocenters. The zero-order chi connectivity index (χ0) is 26.5. The zero-order valence-corrected chi connectivity index (χ0v) is 21.8. The highest BCUT2D eigenvalue weighted by Gasteiger charge is 2.42. The molecule has 4 rings (SSSR count). The highest BCUT2D eigenvalue weighted by molar-refractivity contribution is 5.93. The van der Waals surface area contributed by atoms with Crippen LogP contribution in [0.1, 0.15) is 64.8 Å². The number of pyridine rings is 1. The third kappa shape index (κ3) is 6.22. The number of ether oxygens (including phenoxy) is 1. The molecule has 0 bridgehead atoms. The van der Waals surface area contributed by atoms with Crippen LogP contribution in [-0.2, 0) is 22.5 Å². The van der Waals surface area contributed by atoms with Crippen molar-refractivity contribution in [3.05, 3.63) is 52.2 Å². The highest BCUT2D eigenvalue weighted by atomic mass is 16.7. The predicted molar refractivity (Wildman–Crippen MR) is 139 cm³/mol. The minimum Gasteiger partial charge on any atom is -0.497 e. The monoisotopic (exact) mass is 511 g/mol. The number of nitrogens with one attached hydrogen (secondary N) is 1. The average molecular weight is 512 g/mol. The molecule has 1 fully saturated rings. The second-order valence-corrected chi connectivity index (χ2v) is 10.1. The van der Waals surface area contributed by atoms with Crippen LogP contribution >= 0.6 is 0 Å². The van der Waals surface area contributed by atoms with E-state index in [0.29, 0.717) is 41.2 Å². The van der Waals surface area contributed by atoms with Gasteiger partial charge < -0.3 is 25.1 Å². The van der Waals surface area contributed by atoms with E-state index < -0.39 is 18.0 Å². The molecule has 37 heavy (non-hydrogen) atoms. The Balaban J connectivity index is 1.42. The number of methoxy groups -OCH3 is 1. The molecule has 2 heterocycles. The summed E-state index contributed by atoms with van der Waals surface area (Å²) in [6.07, 6.45) is 5.36. The lowest BCUT2D eigenvalue weighted by molar-refractivity contribution is -0.204. The van der Waals surface area contributed by atoms with E-state index in [2.05, 4.69) is 17.4 Å². The highest BCUT2D eigenvalue weighted by Crippen LogP contribution is 2.37. The number of hydrogen-bond donors (Lipinski definition) is 3. The lowest BCUT2D eigenvalue weighted by Crippen LogP contribution is -2.53. The summed E-state index contributed by atoms with van der Waals surface area (Å²) in [7, 11) is 1.56. The zero-order valence-electron chi connectivity index (χ0n) is 21.8. The quantitative estimate of drug-likeness (QED) is 0.388. The van der Waals surface area contributed by atoms with Crippen molar-refractivity contribution in [2.45, 2.75) is 70.9 Å². The van der Waals surface area contributed by atoms with Crippen molar-refractivity contribution in [3.8, 4) is 5.75 Å². The molecular weight excluding hydrogens is 474 g/mol. The summed E-state index contributed by atoms with van der Waals surface area (Å²) in [5, 5.41) is 24.0. The van der Waals surface area contributed by atoms with Crippen LogP contribution in [-0.4, -0.2) is 64.5 Å². The van der Waals surface area contributed by atoms with E-state index in [4.69, 9.17) is 14.6 Å². The summed E-state index contributed by atoms with van der Waals surface area (Å²) >= 11 is 0. The van der Waals surface area contributed by atoms with Gasteiger partial charge in [0.15, 0.2) is 0 Å². The predicted octanol–water partition coefficient (Wildman–Crippen LogP) is 3.69. The maximum absolute atomic E-state index is 13.2. The standard InChI is InChI=1S/C28H37N3O6/c1-17-13-23(36-3)14-18(2)25(17)28(35)37-31(24(10-12-32)27(33)34)22-15-19(16-22)6-8-21-9-7-20-5-4-11-29-26(20)30-21/h7,9,13-14,19,22,24,32H,4-6,8,10-12,15-16H2,1-3H3,(H,29,30)(H,33,34)/t19?,22?,24-/m0/s1. The second kappa shape index (κ2) is 11.9. The molecule has 0 radical (unpaired) electrons. The summed E-state index contributed by atoms with van der Waals surface area (Å²) in [5.41, 5.74) is 4.08. The minimum atomic E-state index is -1.13. The number of fused-ring (bicyclic) bond motifs is 1. The molecular formula is C28H37N3O6. The number of aliphatic hydroxyl groups excluding tert-OH is 1. The van der Waals surface area contributed by atoms with Gasteiger partial charge >= 0.3 is 11.9 Å². The van der Waals surface area contributed by atoms with Crippen molar-refractivity contribution < 1.29 is 29.4 Å². The Bertz CT molecular complexity index is 1110. The van der Waals surface area contributed by atoms with Crippen LogP contribution in [0, 0.1) is 19.8 Å². The van der Waals surface area contributed by atoms with Gasteiger partial charge in [-0.3, -0.25) is 4.79 Å². The smallest absolute Gasteiger partial charge is 0.357 e. The molecule has 2 aliphatic rings. The Morgan fingerprint density at radius 2 is 1.95 bits per heavy atom. The van der Waals surface area contributed by atoms with Gasteiger partial charge in [0.1, 0.15) is 17.6 Å². The summed E-state index contributed by atoms with van der Waals surface area (Å²) in [5.74, 6) is 0.282. The number of carboxylic acid groups (broad SMARTS) is 1. The molecule has 1 saturated carbocycles. The fourth-order valence-electron chi connectivity index (χ4n) is 5.38. The number of carbonyl (C=O) groups excluding carboxylic acids is 1. The molecule has 1 aromatic carbocycles. The number of aryl methyl sites for hydroxylation is 4. The molecule has 1 aliphatic heterocycles. The Morgan fingerprint density at radius 3 is 2.59 bits per heavy atom. The topological polar surface area (TPSA) is 121 Å². The van der Waals surface area contributed by atoms with Gasteiger partial charge in [-0.25, -0.2) is 9.78 Å². The number of rotatable bonds is 11.